The van der Waals surface area contributed by atoms with Crippen molar-refractivity contribution in [3.05, 3.63) is 35.0 Å². The zero-order valence-electron chi connectivity index (χ0n) is 11.3. The van der Waals surface area contributed by atoms with E-state index in [9.17, 15) is 4.79 Å². The van der Waals surface area contributed by atoms with Gasteiger partial charge in [0.25, 0.3) is 0 Å². The Kier molecular flexibility index (Phi) is 6.97. The lowest BCUT2D eigenvalue weighted by atomic mass is 10.2. The standard InChI is InChI=1S/C14H19ClN2O2/c1-3-4-8-19-14-12(6-5-7-16-14)10-17-13(18)9-11(2)15/h5-7,9H,3-4,8,10H2,1-2H3,(H,17,18). The fraction of sp³-hybridized carbons (Fsp3) is 0.429. The number of nitrogens with zero attached hydrogens (tertiary/aromatic N) is 1. The van der Waals surface area contributed by atoms with Gasteiger partial charge in [0.05, 0.1) is 6.61 Å². The second-order valence-electron chi connectivity index (χ2n) is 4.12. The Labute approximate surface area is 118 Å². The number of halogens is 1. The molecule has 5 heteroatoms. The molecule has 0 saturated heterocycles. The lowest BCUT2D eigenvalue weighted by Crippen LogP contribution is -2.21. The van der Waals surface area contributed by atoms with Crippen molar-refractivity contribution in [1.29, 1.82) is 0 Å². The molecule has 0 aliphatic rings. The third-order valence-corrected chi connectivity index (χ3v) is 2.48. The Morgan fingerprint density at radius 2 is 2.37 bits per heavy atom. The van der Waals surface area contributed by atoms with Gasteiger partial charge in [0.1, 0.15) is 0 Å². The van der Waals surface area contributed by atoms with E-state index in [2.05, 4.69) is 17.2 Å². The maximum absolute atomic E-state index is 11.5. The van der Waals surface area contributed by atoms with Crippen LogP contribution in [0.15, 0.2) is 29.4 Å². The Morgan fingerprint density at radius 1 is 1.58 bits per heavy atom. The molecule has 0 saturated carbocycles. The van der Waals surface area contributed by atoms with Crippen LogP contribution in [0.1, 0.15) is 32.3 Å². The highest BCUT2D eigenvalue weighted by Gasteiger charge is 2.05. The summed E-state index contributed by atoms with van der Waals surface area (Å²) in [5, 5.41) is 3.19. The minimum Gasteiger partial charge on any atom is -0.477 e. The number of carbonyl (C=O) groups is 1. The maximum Gasteiger partial charge on any atom is 0.245 e. The molecule has 0 unspecified atom stereocenters. The number of allylic oxidation sites excluding steroid dienone is 1. The number of amides is 1. The van der Waals surface area contributed by atoms with E-state index in [-0.39, 0.29) is 5.91 Å². The van der Waals surface area contributed by atoms with Crippen LogP contribution in [0.25, 0.3) is 0 Å². The van der Waals surface area contributed by atoms with Gasteiger partial charge in [-0.2, -0.15) is 0 Å². The average Bonchev–Trinajstić information content (AvgIpc) is 2.37. The Morgan fingerprint density at radius 3 is 3.05 bits per heavy atom. The number of hydrogen-bond acceptors (Lipinski definition) is 3. The highest BCUT2D eigenvalue weighted by Crippen LogP contribution is 2.14. The summed E-state index contributed by atoms with van der Waals surface area (Å²) < 4.78 is 5.59. The van der Waals surface area contributed by atoms with Gasteiger partial charge in [-0.3, -0.25) is 4.79 Å². The van der Waals surface area contributed by atoms with Crippen molar-refractivity contribution in [1.82, 2.24) is 10.3 Å². The first-order valence-corrected chi connectivity index (χ1v) is 6.69. The number of hydrogen-bond donors (Lipinski definition) is 1. The van der Waals surface area contributed by atoms with Gasteiger partial charge in [0.2, 0.25) is 11.8 Å². The minimum atomic E-state index is -0.226. The summed E-state index contributed by atoms with van der Waals surface area (Å²) in [5.41, 5.74) is 0.854. The molecule has 1 aromatic rings. The van der Waals surface area contributed by atoms with Gasteiger partial charge in [-0.15, -0.1) is 0 Å². The predicted molar refractivity (Wildman–Crippen MR) is 76.1 cm³/mol. The monoisotopic (exact) mass is 282 g/mol. The van der Waals surface area contributed by atoms with E-state index in [0.717, 1.165) is 18.4 Å². The van der Waals surface area contributed by atoms with E-state index in [1.807, 2.05) is 12.1 Å². The summed E-state index contributed by atoms with van der Waals surface area (Å²) in [6, 6.07) is 3.70. The van der Waals surface area contributed by atoms with E-state index >= 15 is 0 Å². The van der Waals surface area contributed by atoms with E-state index in [0.29, 0.717) is 24.1 Å². The molecule has 19 heavy (non-hydrogen) atoms. The van der Waals surface area contributed by atoms with Gasteiger partial charge in [-0.05, 0) is 19.4 Å². The average molecular weight is 283 g/mol. The van der Waals surface area contributed by atoms with Crippen molar-refractivity contribution in [3.8, 4) is 5.88 Å². The van der Waals surface area contributed by atoms with E-state index in [1.165, 1.54) is 6.08 Å². The van der Waals surface area contributed by atoms with Crippen LogP contribution in [-0.2, 0) is 11.3 Å². The number of aromatic nitrogens is 1. The summed E-state index contributed by atoms with van der Waals surface area (Å²) in [7, 11) is 0. The number of rotatable bonds is 7. The highest BCUT2D eigenvalue weighted by atomic mass is 35.5. The van der Waals surface area contributed by atoms with Gasteiger partial charge in [0.15, 0.2) is 0 Å². The molecule has 0 aliphatic heterocycles. The molecule has 1 amide bonds. The third kappa shape index (κ3) is 6.25. The molecule has 0 atom stereocenters. The van der Waals surface area contributed by atoms with Crippen molar-refractivity contribution in [2.24, 2.45) is 0 Å². The molecule has 0 radical (unpaired) electrons. The van der Waals surface area contributed by atoms with Crippen molar-refractivity contribution in [3.63, 3.8) is 0 Å². The summed E-state index contributed by atoms with van der Waals surface area (Å²) in [6.45, 7) is 4.76. The number of ether oxygens (including phenoxy) is 1. The highest BCUT2D eigenvalue weighted by molar-refractivity contribution is 6.30. The van der Waals surface area contributed by atoms with Gasteiger partial charge >= 0.3 is 0 Å². The van der Waals surface area contributed by atoms with Gasteiger partial charge in [-0.1, -0.05) is 31.0 Å². The lowest BCUT2D eigenvalue weighted by molar-refractivity contribution is -0.116. The first-order valence-electron chi connectivity index (χ1n) is 6.31. The molecule has 0 fully saturated rings. The molecule has 0 bridgehead atoms. The quantitative estimate of drug-likeness (QED) is 0.618. The SMILES string of the molecule is CCCCOc1ncccc1CNC(=O)C=C(C)Cl. The largest absolute Gasteiger partial charge is 0.477 e. The fourth-order valence-electron chi connectivity index (χ4n) is 1.42. The van der Waals surface area contributed by atoms with Crippen LogP contribution >= 0.6 is 11.6 Å². The molecule has 0 aliphatic carbocycles. The van der Waals surface area contributed by atoms with Gasteiger partial charge < -0.3 is 10.1 Å². The molecule has 0 spiro atoms. The predicted octanol–water partition coefficient (Wildman–Crippen LogP) is 3.02. The molecule has 4 nitrogen and oxygen atoms in total. The zero-order valence-corrected chi connectivity index (χ0v) is 12.0. The Hall–Kier alpha value is -1.55. The van der Waals surface area contributed by atoms with E-state index in [1.54, 1.807) is 13.1 Å². The van der Waals surface area contributed by atoms with Crippen molar-refractivity contribution in [2.45, 2.75) is 33.2 Å². The van der Waals surface area contributed by atoms with Crippen LogP contribution in [0, 0.1) is 0 Å². The molecular weight excluding hydrogens is 264 g/mol. The Balaban J connectivity index is 2.57. The third-order valence-electron chi connectivity index (χ3n) is 2.37. The van der Waals surface area contributed by atoms with Crippen LogP contribution in [0.2, 0.25) is 0 Å². The summed E-state index contributed by atoms with van der Waals surface area (Å²) in [5.74, 6) is 0.346. The molecule has 1 heterocycles. The molecule has 104 valence electrons. The maximum atomic E-state index is 11.5. The zero-order chi connectivity index (χ0) is 14.1. The van der Waals surface area contributed by atoms with Crippen molar-refractivity contribution < 1.29 is 9.53 Å². The normalized spacial score (nSPS) is 11.2. The van der Waals surface area contributed by atoms with Crippen LogP contribution in [0.5, 0.6) is 5.88 Å². The van der Waals surface area contributed by atoms with Crippen molar-refractivity contribution in [2.75, 3.05) is 6.61 Å². The van der Waals surface area contributed by atoms with Gasteiger partial charge in [-0.25, -0.2) is 4.98 Å². The van der Waals surface area contributed by atoms with E-state index < -0.39 is 0 Å². The fourth-order valence-corrected chi connectivity index (χ4v) is 1.51. The number of pyridine rings is 1. The van der Waals surface area contributed by atoms with Crippen LogP contribution in [0.3, 0.4) is 0 Å². The van der Waals surface area contributed by atoms with Gasteiger partial charge in [0, 0.05) is 29.4 Å². The molecule has 1 aromatic heterocycles. The van der Waals surface area contributed by atoms with Crippen molar-refractivity contribution >= 4 is 17.5 Å². The number of nitrogens with one attached hydrogen (secondary N) is 1. The second-order valence-corrected chi connectivity index (χ2v) is 4.71. The van der Waals surface area contributed by atoms with Crippen LogP contribution < -0.4 is 10.1 Å². The number of unbranched alkanes of at least 4 members (excludes halogenated alkanes) is 1. The molecule has 1 N–H and O–H groups in total. The smallest absolute Gasteiger partial charge is 0.245 e. The minimum absolute atomic E-state index is 0.226. The molecular formula is C14H19ClN2O2. The topological polar surface area (TPSA) is 51.2 Å². The lowest BCUT2D eigenvalue weighted by Gasteiger charge is -2.10. The molecule has 0 aromatic carbocycles. The molecule has 1 rings (SSSR count). The number of carbonyl (C=O) groups excluding carboxylic acids is 1. The summed E-state index contributed by atoms with van der Waals surface area (Å²) in [4.78, 5) is 15.6. The Bertz CT molecular complexity index is 443. The second kappa shape index (κ2) is 8.53. The summed E-state index contributed by atoms with van der Waals surface area (Å²) in [6.07, 6.45) is 5.07. The first-order chi connectivity index (χ1) is 9.13. The van der Waals surface area contributed by atoms with Crippen LogP contribution in [-0.4, -0.2) is 17.5 Å². The van der Waals surface area contributed by atoms with Crippen LogP contribution in [0.4, 0.5) is 0 Å². The summed E-state index contributed by atoms with van der Waals surface area (Å²) >= 11 is 5.63. The van der Waals surface area contributed by atoms with E-state index in [4.69, 9.17) is 16.3 Å². The first kappa shape index (κ1) is 15.5.